The highest BCUT2D eigenvalue weighted by Crippen LogP contribution is 2.37. The number of hydrogen-bond acceptors (Lipinski definition) is 3. The molecular formula is C28H26F6N2O3. The number of allylic oxidation sites excluding steroid dienone is 1. The monoisotopic (exact) mass is 552 g/mol. The number of unbranched alkanes of at least 4 members (excludes halogenated alkanes) is 2. The summed E-state index contributed by atoms with van der Waals surface area (Å²) in [6.07, 6.45) is -3.11. The van der Waals surface area contributed by atoms with E-state index >= 15 is 0 Å². The predicted octanol–water partition coefficient (Wildman–Crippen LogP) is 6.11. The summed E-state index contributed by atoms with van der Waals surface area (Å²) in [5.74, 6) is -1.16. The van der Waals surface area contributed by atoms with Gasteiger partial charge in [-0.15, -0.1) is 0 Å². The molecule has 0 radical (unpaired) electrons. The average molecular weight is 553 g/mol. The van der Waals surface area contributed by atoms with Gasteiger partial charge in [-0.25, -0.2) is 0 Å². The Morgan fingerprint density at radius 1 is 0.872 bits per heavy atom. The van der Waals surface area contributed by atoms with Gasteiger partial charge in [0, 0.05) is 30.2 Å². The molecule has 0 atom stereocenters. The SMILES string of the molecule is NC(=O)CCCCCNC(=O)/C=C/c1ccc2c(c1)CC/C(=C\c1cc(C(F)(F)F)cc(C(F)(F)F)c1)C2=O. The van der Waals surface area contributed by atoms with E-state index in [0.29, 0.717) is 61.1 Å². The van der Waals surface area contributed by atoms with E-state index in [2.05, 4.69) is 5.32 Å². The van der Waals surface area contributed by atoms with Crippen molar-refractivity contribution >= 4 is 29.7 Å². The Labute approximate surface area is 220 Å². The van der Waals surface area contributed by atoms with Crippen LogP contribution in [0.4, 0.5) is 26.3 Å². The van der Waals surface area contributed by atoms with Gasteiger partial charge in [-0.3, -0.25) is 14.4 Å². The molecule has 3 rings (SSSR count). The van der Waals surface area contributed by atoms with Crippen LogP contribution in [0.2, 0.25) is 0 Å². The number of rotatable bonds is 9. The lowest BCUT2D eigenvalue weighted by Crippen LogP contribution is -2.22. The van der Waals surface area contributed by atoms with Crippen LogP contribution < -0.4 is 11.1 Å². The van der Waals surface area contributed by atoms with Crippen LogP contribution in [0.5, 0.6) is 0 Å². The second kappa shape index (κ2) is 12.3. The zero-order valence-corrected chi connectivity index (χ0v) is 20.7. The molecule has 0 fully saturated rings. The fraction of sp³-hybridized carbons (Fsp3) is 0.321. The van der Waals surface area contributed by atoms with Gasteiger partial charge in [0.2, 0.25) is 11.8 Å². The van der Waals surface area contributed by atoms with Gasteiger partial charge in [-0.2, -0.15) is 26.3 Å². The fourth-order valence-corrected chi connectivity index (χ4v) is 4.15. The highest BCUT2D eigenvalue weighted by Gasteiger charge is 2.37. The third-order valence-electron chi connectivity index (χ3n) is 6.11. The predicted molar refractivity (Wildman–Crippen MR) is 133 cm³/mol. The van der Waals surface area contributed by atoms with Crippen molar-refractivity contribution in [1.82, 2.24) is 5.32 Å². The molecule has 3 N–H and O–H groups in total. The number of carbonyl (C=O) groups is 3. The smallest absolute Gasteiger partial charge is 0.370 e. The number of Topliss-reactive ketones (excluding diaryl/α,β-unsaturated/α-hetero) is 1. The first-order valence-electron chi connectivity index (χ1n) is 12.2. The second-order valence-corrected chi connectivity index (χ2v) is 9.16. The van der Waals surface area contributed by atoms with E-state index in [9.17, 15) is 40.7 Å². The topological polar surface area (TPSA) is 89.3 Å². The van der Waals surface area contributed by atoms with Crippen molar-refractivity contribution in [1.29, 1.82) is 0 Å². The van der Waals surface area contributed by atoms with Gasteiger partial charge in [0.15, 0.2) is 5.78 Å². The van der Waals surface area contributed by atoms with Crippen molar-refractivity contribution < 1.29 is 40.7 Å². The van der Waals surface area contributed by atoms with Gasteiger partial charge in [-0.1, -0.05) is 24.6 Å². The summed E-state index contributed by atoms with van der Waals surface area (Å²) >= 11 is 0. The van der Waals surface area contributed by atoms with Crippen LogP contribution in [0.25, 0.3) is 12.2 Å². The number of carbonyl (C=O) groups excluding carboxylic acids is 3. The minimum atomic E-state index is -4.98. The summed E-state index contributed by atoms with van der Waals surface area (Å²) in [4.78, 5) is 35.7. The highest BCUT2D eigenvalue weighted by atomic mass is 19.4. The minimum absolute atomic E-state index is 0.0436. The van der Waals surface area contributed by atoms with Crippen molar-refractivity contribution in [2.45, 2.75) is 50.9 Å². The Bertz CT molecular complexity index is 1280. The van der Waals surface area contributed by atoms with Crippen LogP contribution in [0.3, 0.4) is 0 Å². The van der Waals surface area contributed by atoms with Gasteiger partial charge in [0.05, 0.1) is 11.1 Å². The van der Waals surface area contributed by atoms with Gasteiger partial charge in [0.25, 0.3) is 0 Å². The molecule has 39 heavy (non-hydrogen) atoms. The quantitative estimate of drug-likeness (QED) is 0.224. The fourth-order valence-electron chi connectivity index (χ4n) is 4.15. The molecule has 0 spiro atoms. The number of hydrogen-bond donors (Lipinski definition) is 2. The number of alkyl halides is 6. The van der Waals surface area contributed by atoms with Crippen molar-refractivity contribution in [3.8, 4) is 0 Å². The zero-order chi connectivity index (χ0) is 28.8. The lowest BCUT2D eigenvalue weighted by Gasteiger charge is -2.19. The number of ketones is 1. The number of amides is 2. The molecule has 208 valence electrons. The standard InChI is InChI=1S/C28H26F6N2O3/c29-27(30,31)21-14-18(15-22(16-21)28(32,33)34)13-20-8-7-19-12-17(5-9-23(19)26(20)39)6-10-25(38)36-11-3-1-2-4-24(35)37/h5-6,9-10,12-16H,1-4,7-8,11H2,(H2,35,37)(H,36,38)/b10-6+,20-13+. The van der Waals surface area contributed by atoms with Crippen molar-refractivity contribution in [2.24, 2.45) is 5.73 Å². The number of nitrogens with one attached hydrogen (secondary N) is 1. The molecule has 1 aliphatic rings. The number of fused-ring (bicyclic) bond motifs is 1. The van der Waals surface area contributed by atoms with Crippen molar-refractivity contribution in [3.05, 3.63) is 81.4 Å². The molecule has 0 saturated carbocycles. The minimum Gasteiger partial charge on any atom is -0.370 e. The molecule has 2 aromatic carbocycles. The summed E-state index contributed by atoms with van der Waals surface area (Å²) in [6.45, 7) is 0.437. The summed E-state index contributed by atoms with van der Waals surface area (Å²) in [7, 11) is 0. The maximum absolute atomic E-state index is 13.2. The maximum Gasteiger partial charge on any atom is 0.416 e. The van der Waals surface area contributed by atoms with Crippen molar-refractivity contribution in [3.63, 3.8) is 0 Å². The van der Waals surface area contributed by atoms with Gasteiger partial charge in [0.1, 0.15) is 0 Å². The Morgan fingerprint density at radius 2 is 1.54 bits per heavy atom. The lowest BCUT2D eigenvalue weighted by molar-refractivity contribution is -0.143. The molecule has 5 nitrogen and oxygen atoms in total. The molecular weight excluding hydrogens is 526 g/mol. The molecule has 1 aliphatic carbocycles. The van der Waals surface area contributed by atoms with Gasteiger partial charge in [-0.05, 0) is 72.7 Å². The molecule has 0 aromatic heterocycles. The van der Waals surface area contributed by atoms with Crippen LogP contribution in [0.1, 0.15) is 70.3 Å². The van der Waals surface area contributed by atoms with E-state index in [4.69, 9.17) is 5.73 Å². The Kier molecular flexibility index (Phi) is 9.36. The second-order valence-electron chi connectivity index (χ2n) is 9.16. The Balaban J connectivity index is 1.69. The first kappa shape index (κ1) is 29.7. The Morgan fingerprint density at radius 3 is 2.15 bits per heavy atom. The molecule has 0 saturated heterocycles. The zero-order valence-electron chi connectivity index (χ0n) is 20.7. The summed E-state index contributed by atoms with van der Waals surface area (Å²) in [5.41, 5.74) is 3.53. The van der Waals surface area contributed by atoms with Crippen LogP contribution in [0.15, 0.2) is 48.0 Å². The molecule has 0 unspecified atom stereocenters. The summed E-state index contributed by atoms with van der Waals surface area (Å²) in [5, 5.41) is 2.72. The van der Waals surface area contributed by atoms with E-state index in [1.807, 2.05) is 0 Å². The lowest BCUT2D eigenvalue weighted by atomic mass is 9.85. The number of halogens is 6. The normalized spacial score (nSPS) is 15.0. The average Bonchev–Trinajstić information content (AvgIpc) is 2.85. The molecule has 2 aromatic rings. The number of aryl methyl sites for hydroxylation is 1. The third kappa shape index (κ3) is 8.56. The van der Waals surface area contributed by atoms with E-state index in [1.165, 1.54) is 12.1 Å². The number of nitrogens with two attached hydrogens (primary N) is 1. The van der Waals surface area contributed by atoms with E-state index in [1.54, 1.807) is 18.2 Å². The molecule has 0 heterocycles. The Hall–Kier alpha value is -3.89. The summed E-state index contributed by atoms with van der Waals surface area (Å²) in [6, 6.07) is 6.05. The van der Waals surface area contributed by atoms with E-state index in [0.717, 1.165) is 12.5 Å². The largest absolute Gasteiger partial charge is 0.416 e. The number of primary amides is 1. The highest BCUT2D eigenvalue weighted by molar-refractivity contribution is 6.13. The van der Waals surface area contributed by atoms with Gasteiger partial charge < -0.3 is 11.1 Å². The first-order valence-corrected chi connectivity index (χ1v) is 12.2. The van der Waals surface area contributed by atoms with Crippen LogP contribution in [0, 0.1) is 0 Å². The number of benzene rings is 2. The third-order valence-corrected chi connectivity index (χ3v) is 6.11. The molecule has 11 heteroatoms. The van der Waals surface area contributed by atoms with Crippen LogP contribution in [-0.2, 0) is 28.4 Å². The summed E-state index contributed by atoms with van der Waals surface area (Å²) < 4.78 is 79.0. The maximum atomic E-state index is 13.2. The first-order chi connectivity index (χ1) is 18.2. The van der Waals surface area contributed by atoms with E-state index in [-0.39, 0.29) is 35.4 Å². The van der Waals surface area contributed by atoms with Gasteiger partial charge >= 0.3 is 12.4 Å². The van der Waals surface area contributed by atoms with E-state index < -0.39 is 29.3 Å². The molecule has 0 bridgehead atoms. The van der Waals surface area contributed by atoms with Crippen LogP contribution in [-0.4, -0.2) is 24.1 Å². The molecule has 0 aliphatic heterocycles. The van der Waals surface area contributed by atoms with Crippen LogP contribution >= 0.6 is 0 Å². The molecule has 2 amide bonds. The van der Waals surface area contributed by atoms with Crippen molar-refractivity contribution in [2.75, 3.05) is 6.54 Å².